The Labute approximate surface area is 143 Å². The van der Waals surface area contributed by atoms with E-state index >= 15 is 0 Å². The van der Waals surface area contributed by atoms with Gasteiger partial charge in [0.15, 0.2) is 5.82 Å². The molecule has 1 saturated heterocycles. The summed E-state index contributed by atoms with van der Waals surface area (Å²) >= 11 is 0. The van der Waals surface area contributed by atoms with Crippen LogP contribution in [-0.2, 0) is 4.79 Å². The fraction of sp³-hybridized carbons (Fsp3) is 0.526. The molecular formula is C19H26N4O. The summed E-state index contributed by atoms with van der Waals surface area (Å²) in [5.74, 6) is 1.04. The Kier molecular flexibility index (Phi) is 4.43. The molecule has 1 aromatic heterocycles. The van der Waals surface area contributed by atoms with E-state index in [1.165, 1.54) is 0 Å². The molecular weight excluding hydrogens is 300 g/mol. The third kappa shape index (κ3) is 3.50. The number of aromatic nitrogens is 2. The van der Waals surface area contributed by atoms with Crippen molar-refractivity contribution in [2.75, 3.05) is 18.0 Å². The van der Waals surface area contributed by atoms with Gasteiger partial charge < -0.3 is 10.2 Å². The van der Waals surface area contributed by atoms with Gasteiger partial charge in [-0.3, -0.25) is 4.79 Å². The van der Waals surface area contributed by atoms with E-state index in [9.17, 15) is 4.79 Å². The molecule has 1 atom stereocenters. The van der Waals surface area contributed by atoms with Crippen molar-refractivity contribution in [2.45, 2.75) is 46.6 Å². The number of fused-ring (bicyclic) bond motifs is 1. The number of nitrogens with zero attached hydrogens (tertiary/aromatic N) is 3. The lowest BCUT2D eigenvalue weighted by molar-refractivity contribution is -0.129. The molecule has 1 aromatic carbocycles. The number of anilines is 1. The van der Waals surface area contributed by atoms with Crippen LogP contribution in [0.15, 0.2) is 24.3 Å². The topological polar surface area (TPSA) is 58.1 Å². The van der Waals surface area contributed by atoms with E-state index in [0.29, 0.717) is 0 Å². The molecule has 1 aliphatic heterocycles. The van der Waals surface area contributed by atoms with Gasteiger partial charge in [-0.25, -0.2) is 9.97 Å². The van der Waals surface area contributed by atoms with Gasteiger partial charge >= 0.3 is 0 Å². The minimum absolute atomic E-state index is 0.107. The van der Waals surface area contributed by atoms with Gasteiger partial charge in [-0.05, 0) is 31.9 Å². The quantitative estimate of drug-likeness (QED) is 0.921. The van der Waals surface area contributed by atoms with Gasteiger partial charge in [-0.1, -0.05) is 32.9 Å². The summed E-state index contributed by atoms with van der Waals surface area (Å²) in [6.07, 6.45) is 2.06. The van der Waals surface area contributed by atoms with Crippen molar-refractivity contribution in [3.8, 4) is 0 Å². The number of hydrogen-bond acceptors (Lipinski definition) is 4. The predicted molar refractivity (Wildman–Crippen MR) is 97.1 cm³/mol. The van der Waals surface area contributed by atoms with Crippen LogP contribution in [0.3, 0.4) is 0 Å². The van der Waals surface area contributed by atoms with Gasteiger partial charge in [-0.2, -0.15) is 0 Å². The third-order valence-corrected chi connectivity index (χ3v) is 4.46. The van der Waals surface area contributed by atoms with Gasteiger partial charge in [-0.15, -0.1) is 0 Å². The number of carbonyl (C=O) groups is 1. The van der Waals surface area contributed by atoms with Crippen LogP contribution in [0, 0.1) is 12.3 Å². The van der Waals surface area contributed by atoms with E-state index in [4.69, 9.17) is 4.98 Å². The summed E-state index contributed by atoms with van der Waals surface area (Å²) in [6, 6.07) is 8.11. The van der Waals surface area contributed by atoms with E-state index in [1.54, 1.807) is 0 Å². The first-order valence-electron chi connectivity index (χ1n) is 8.64. The van der Waals surface area contributed by atoms with Crippen molar-refractivity contribution in [3.05, 3.63) is 30.0 Å². The van der Waals surface area contributed by atoms with Gasteiger partial charge in [0.2, 0.25) is 5.91 Å². The van der Waals surface area contributed by atoms with E-state index in [1.807, 2.05) is 52.0 Å². The lowest BCUT2D eigenvalue weighted by Gasteiger charge is -2.35. The highest BCUT2D eigenvalue weighted by molar-refractivity contribution is 5.81. The molecule has 2 aromatic rings. The molecule has 5 heteroatoms. The number of aryl methyl sites for hydroxylation is 1. The molecule has 0 aliphatic carbocycles. The molecule has 24 heavy (non-hydrogen) atoms. The maximum Gasteiger partial charge on any atom is 0.225 e. The molecule has 0 bridgehead atoms. The average Bonchev–Trinajstić information content (AvgIpc) is 2.53. The lowest BCUT2D eigenvalue weighted by atomic mass is 9.94. The van der Waals surface area contributed by atoms with Crippen LogP contribution < -0.4 is 10.2 Å². The van der Waals surface area contributed by atoms with Crippen LogP contribution in [0.2, 0.25) is 0 Å². The maximum absolute atomic E-state index is 12.3. The maximum atomic E-state index is 12.3. The molecule has 1 unspecified atom stereocenters. The van der Waals surface area contributed by atoms with Crippen molar-refractivity contribution < 1.29 is 4.79 Å². The highest BCUT2D eigenvalue weighted by Gasteiger charge is 2.28. The Morgan fingerprint density at radius 1 is 1.21 bits per heavy atom. The highest BCUT2D eigenvalue weighted by atomic mass is 16.2. The molecule has 0 spiro atoms. The second-order valence-electron chi connectivity index (χ2n) is 7.63. The zero-order valence-corrected chi connectivity index (χ0v) is 15.0. The van der Waals surface area contributed by atoms with Crippen LogP contribution in [0.4, 0.5) is 5.82 Å². The monoisotopic (exact) mass is 326 g/mol. The average molecular weight is 326 g/mol. The van der Waals surface area contributed by atoms with Crippen LogP contribution in [-0.4, -0.2) is 35.0 Å². The Bertz CT molecular complexity index is 751. The Morgan fingerprint density at radius 3 is 2.54 bits per heavy atom. The van der Waals surface area contributed by atoms with Crippen LogP contribution in [0.25, 0.3) is 11.0 Å². The van der Waals surface area contributed by atoms with Crippen LogP contribution in [0.5, 0.6) is 0 Å². The predicted octanol–water partition coefficient (Wildman–Crippen LogP) is 3.07. The molecule has 0 radical (unpaired) electrons. The van der Waals surface area contributed by atoms with Crippen molar-refractivity contribution in [3.63, 3.8) is 0 Å². The number of hydrogen-bond donors (Lipinski definition) is 1. The Morgan fingerprint density at radius 2 is 1.88 bits per heavy atom. The number of nitrogens with one attached hydrogen (secondary N) is 1. The number of benzene rings is 1. The molecule has 5 nitrogen and oxygen atoms in total. The minimum atomic E-state index is -0.360. The molecule has 1 amide bonds. The van der Waals surface area contributed by atoms with Crippen LogP contribution in [0.1, 0.15) is 39.3 Å². The van der Waals surface area contributed by atoms with Gasteiger partial charge in [0, 0.05) is 24.5 Å². The van der Waals surface area contributed by atoms with E-state index in [-0.39, 0.29) is 17.4 Å². The number of piperidine rings is 1. The highest BCUT2D eigenvalue weighted by Crippen LogP contribution is 2.24. The molecule has 2 heterocycles. The Hall–Kier alpha value is -2.17. The summed E-state index contributed by atoms with van der Waals surface area (Å²) in [5, 5.41) is 3.19. The Balaban J connectivity index is 1.80. The third-order valence-electron chi connectivity index (χ3n) is 4.46. The number of para-hydroxylation sites is 2. The van der Waals surface area contributed by atoms with E-state index in [0.717, 1.165) is 48.5 Å². The minimum Gasteiger partial charge on any atom is -0.353 e. The number of carbonyl (C=O) groups excluding carboxylic acids is 1. The van der Waals surface area contributed by atoms with E-state index in [2.05, 4.69) is 15.2 Å². The zero-order valence-electron chi connectivity index (χ0n) is 15.0. The largest absolute Gasteiger partial charge is 0.353 e. The fourth-order valence-corrected chi connectivity index (χ4v) is 3.07. The standard InChI is InChI=1S/C19H26N4O/c1-13-17(22-16-10-6-5-9-15(16)20-13)23-11-7-8-14(12-23)21-18(24)19(2,3)4/h5-6,9-10,14H,7-8,11-12H2,1-4H3,(H,21,24). The second-order valence-corrected chi connectivity index (χ2v) is 7.63. The van der Waals surface area contributed by atoms with Gasteiger partial charge in [0.05, 0.1) is 16.7 Å². The molecule has 1 N–H and O–H groups in total. The fourth-order valence-electron chi connectivity index (χ4n) is 3.07. The summed E-state index contributed by atoms with van der Waals surface area (Å²) < 4.78 is 0. The first-order valence-corrected chi connectivity index (χ1v) is 8.64. The zero-order chi connectivity index (χ0) is 17.3. The summed E-state index contributed by atoms with van der Waals surface area (Å²) in [7, 11) is 0. The molecule has 1 aliphatic rings. The molecule has 3 rings (SSSR count). The summed E-state index contributed by atoms with van der Waals surface area (Å²) in [5.41, 5.74) is 2.42. The lowest BCUT2D eigenvalue weighted by Crippen LogP contribution is -2.50. The first-order chi connectivity index (χ1) is 11.3. The van der Waals surface area contributed by atoms with E-state index < -0.39 is 0 Å². The first kappa shape index (κ1) is 16.7. The van der Waals surface area contributed by atoms with Crippen molar-refractivity contribution >= 4 is 22.8 Å². The van der Waals surface area contributed by atoms with Gasteiger partial charge in [0.25, 0.3) is 0 Å². The SMILES string of the molecule is Cc1nc2ccccc2nc1N1CCCC(NC(=O)C(C)(C)C)C1. The van der Waals surface area contributed by atoms with Gasteiger partial charge in [0.1, 0.15) is 0 Å². The second kappa shape index (κ2) is 6.38. The molecule has 1 fully saturated rings. The number of rotatable bonds is 2. The smallest absolute Gasteiger partial charge is 0.225 e. The van der Waals surface area contributed by atoms with Crippen molar-refractivity contribution in [2.24, 2.45) is 5.41 Å². The molecule has 0 saturated carbocycles. The summed E-state index contributed by atoms with van der Waals surface area (Å²) in [4.78, 5) is 24.0. The summed E-state index contributed by atoms with van der Waals surface area (Å²) in [6.45, 7) is 9.59. The van der Waals surface area contributed by atoms with Crippen molar-refractivity contribution in [1.82, 2.24) is 15.3 Å². The number of amides is 1. The molecule has 128 valence electrons. The van der Waals surface area contributed by atoms with Crippen molar-refractivity contribution in [1.29, 1.82) is 0 Å². The van der Waals surface area contributed by atoms with Crippen LogP contribution >= 0.6 is 0 Å². The normalized spacial score (nSPS) is 18.7.